The largest absolute Gasteiger partial charge is 0.484 e. The van der Waals surface area contributed by atoms with Crippen molar-refractivity contribution in [2.24, 2.45) is 5.10 Å². The predicted octanol–water partition coefficient (Wildman–Crippen LogP) is 4.48. The van der Waals surface area contributed by atoms with E-state index in [1.807, 2.05) is 37.3 Å². The van der Waals surface area contributed by atoms with E-state index in [4.69, 9.17) is 14.2 Å². The molecule has 1 heterocycles. The highest BCUT2D eigenvalue weighted by Crippen LogP contribution is 2.30. The maximum absolute atomic E-state index is 12.2. The van der Waals surface area contributed by atoms with E-state index in [2.05, 4.69) is 5.10 Å². The monoisotopic (exact) mass is 430 g/mol. The van der Waals surface area contributed by atoms with Gasteiger partial charge in [-0.1, -0.05) is 35.9 Å². The Labute approximate surface area is 185 Å². The van der Waals surface area contributed by atoms with E-state index in [9.17, 15) is 9.59 Å². The highest BCUT2D eigenvalue weighted by molar-refractivity contribution is 5.91. The third-order valence-corrected chi connectivity index (χ3v) is 4.78. The lowest BCUT2D eigenvalue weighted by Gasteiger charge is -2.19. The summed E-state index contributed by atoms with van der Waals surface area (Å²) in [5, 5.41) is 5.52. The summed E-state index contributed by atoms with van der Waals surface area (Å²) in [6.07, 6.45) is -0.719. The van der Waals surface area contributed by atoms with Crippen molar-refractivity contribution >= 4 is 17.8 Å². The quantitative estimate of drug-likeness (QED) is 0.426. The number of amides is 1. The molecule has 4 rings (SSSR count). The second-order valence-corrected chi connectivity index (χ2v) is 7.25. The third-order valence-electron chi connectivity index (χ3n) is 4.78. The molecule has 1 aliphatic rings. The van der Waals surface area contributed by atoms with Crippen LogP contribution < -0.4 is 9.47 Å². The van der Waals surface area contributed by atoms with Crippen LogP contribution in [0.15, 0.2) is 84.0 Å². The summed E-state index contributed by atoms with van der Waals surface area (Å²) in [5.41, 5.74) is 2.28. The van der Waals surface area contributed by atoms with Crippen LogP contribution in [0.4, 0.5) is 0 Å². The van der Waals surface area contributed by atoms with Gasteiger partial charge in [-0.15, -0.1) is 5.10 Å². The van der Waals surface area contributed by atoms with Gasteiger partial charge in [-0.3, -0.25) is 4.79 Å². The molecule has 7 nitrogen and oxygen atoms in total. The average molecular weight is 430 g/mol. The van der Waals surface area contributed by atoms with E-state index in [0.29, 0.717) is 28.5 Å². The second kappa shape index (κ2) is 9.34. The smallest absolute Gasteiger partial charge is 0.343 e. The van der Waals surface area contributed by atoms with Crippen LogP contribution in [0, 0.1) is 6.92 Å². The highest BCUT2D eigenvalue weighted by Gasteiger charge is 2.32. The molecule has 0 radical (unpaired) electrons. The summed E-state index contributed by atoms with van der Waals surface area (Å²) in [7, 11) is 0. The Hall–Kier alpha value is -4.13. The van der Waals surface area contributed by atoms with E-state index in [0.717, 1.165) is 5.56 Å². The van der Waals surface area contributed by atoms with Gasteiger partial charge >= 0.3 is 5.97 Å². The van der Waals surface area contributed by atoms with Crippen molar-refractivity contribution in [3.05, 3.63) is 95.6 Å². The number of hydrogen-bond donors (Lipinski definition) is 0. The third kappa shape index (κ3) is 4.95. The van der Waals surface area contributed by atoms with Crippen molar-refractivity contribution in [1.29, 1.82) is 0 Å². The second-order valence-electron chi connectivity index (χ2n) is 7.25. The van der Waals surface area contributed by atoms with E-state index < -0.39 is 12.2 Å². The molecular formula is C25H22N2O5. The number of benzene rings is 3. The number of nitrogens with zero attached hydrogens (tertiary/aromatic N) is 2. The minimum absolute atomic E-state index is 0.0934. The molecule has 0 N–H and O–H groups in total. The molecule has 7 heteroatoms. The highest BCUT2D eigenvalue weighted by atomic mass is 16.6. The van der Waals surface area contributed by atoms with Crippen LogP contribution in [0.2, 0.25) is 0 Å². The number of carbonyl (C=O) groups is 2. The van der Waals surface area contributed by atoms with Crippen LogP contribution in [0.5, 0.6) is 11.5 Å². The van der Waals surface area contributed by atoms with Crippen molar-refractivity contribution in [3.8, 4) is 11.5 Å². The van der Waals surface area contributed by atoms with Gasteiger partial charge in [-0.25, -0.2) is 4.79 Å². The first-order chi connectivity index (χ1) is 15.5. The molecule has 3 aromatic carbocycles. The molecule has 1 atom stereocenters. The van der Waals surface area contributed by atoms with Gasteiger partial charge in [0.05, 0.1) is 5.56 Å². The summed E-state index contributed by atoms with van der Waals surface area (Å²) in [6, 6.07) is 23.1. The normalized spacial score (nSPS) is 15.0. The molecule has 0 saturated carbocycles. The van der Waals surface area contributed by atoms with Gasteiger partial charge in [0.15, 0.2) is 6.61 Å². The van der Waals surface area contributed by atoms with E-state index >= 15 is 0 Å². The van der Waals surface area contributed by atoms with Gasteiger partial charge in [-0.2, -0.15) is 5.01 Å². The van der Waals surface area contributed by atoms with Crippen LogP contribution >= 0.6 is 0 Å². The van der Waals surface area contributed by atoms with Gasteiger partial charge in [0.2, 0.25) is 18.0 Å². The summed E-state index contributed by atoms with van der Waals surface area (Å²) in [4.78, 5) is 24.3. The summed E-state index contributed by atoms with van der Waals surface area (Å²) < 4.78 is 17.0. The van der Waals surface area contributed by atoms with Crippen molar-refractivity contribution < 1.29 is 23.8 Å². The number of ether oxygens (including phenoxy) is 3. The van der Waals surface area contributed by atoms with Gasteiger partial charge in [0.1, 0.15) is 11.5 Å². The Morgan fingerprint density at radius 1 is 0.938 bits per heavy atom. The van der Waals surface area contributed by atoms with Crippen molar-refractivity contribution in [3.63, 3.8) is 0 Å². The first-order valence-electron chi connectivity index (χ1n) is 10.1. The zero-order chi connectivity index (χ0) is 22.5. The fraction of sp³-hybridized carbons (Fsp3) is 0.160. The molecule has 1 amide bonds. The zero-order valence-electron chi connectivity index (χ0n) is 17.7. The fourth-order valence-corrected chi connectivity index (χ4v) is 3.10. The number of carbonyl (C=O) groups excluding carboxylic acids is 2. The standard InChI is InChI=1S/C25H22N2O5/c1-17-8-12-21(13-9-17)30-16-23-26-27(18(2)28)24(32-23)19-10-14-22(15-11-19)31-25(29)20-6-4-3-5-7-20/h3-15,24H,16H2,1-2H3. The molecule has 0 fully saturated rings. The number of esters is 1. The van der Waals surface area contributed by atoms with E-state index in [-0.39, 0.29) is 12.5 Å². The fourth-order valence-electron chi connectivity index (χ4n) is 3.10. The van der Waals surface area contributed by atoms with E-state index in [1.54, 1.807) is 48.5 Å². The van der Waals surface area contributed by atoms with Crippen LogP contribution in [0.3, 0.4) is 0 Å². The number of aryl methyl sites for hydroxylation is 1. The summed E-state index contributed by atoms with van der Waals surface area (Å²) in [6.45, 7) is 3.51. The lowest BCUT2D eigenvalue weighted by molar-refractivity contribution is -0.135. The summed E-state index contributed by atoms with van der Waals surface area (Å²) >= 11 is 0. The first-order valence-corrected chi connectivity index (χ1v) is 10.1. The van der Waals surface area contributed by atoms with Gasteiger partial charge in [0, 0.05) is 12.5 Å². The van der Waals surface area contributed by atoms with Crippen LogP contribution in [-0.4, -0.2) is 29.4 Å². The molecule has 162 valence electrons. The predicted molar refractivity (Wildman–Crippen MR) is 118 cm³/mol. The van der Waals surface area contributed by atoms with Crippen LogP contribution in [0.1, 0.15) is 34.6 Å². The minimum Gasteiger partial charge on any atom is -0.484 e. The maximum atomic E-state index is 12.2. The Morgan fingerprint density at radius 2 is 1.59 bits per heavy atom. The number of hydrogen-bond acceptors (Lipinski definition) is 6. The maximum Gasteiger partial charge on any atom is 0.343 e. The Morgan fingerprint density at radius 3 is 2.25 bits per heavy atom. The SMILES string of the molecule is CC(=O)N1N=C(COc2ccc(C)cc2)OC1c1ccc(OC(=O)c2ccccc2)cc1. The summed E-state index contributed by atoms with van der Waals surface area (Å²) in [5.74, 6) is 0.660. The molecule has 0 aliphatic carbocycles. The Balaban J connectivity index is 1.41. The number of rotatable bonds is 6. The lowest BCUT2D eigenvalue weighted by atomic mass is 10.2. The van der Waals surface area contributed by atoms with Crippen molar-refractivity contribution in [2.75, 3.05) is 6.61 Å². The first kappa shape index (κ1) is 21.1. The molecular weight excluding hydrogens is 408 g/mol. The lowest BCUT2D eigenvalue weighted by Crippen LogP contribution is -2.25. The molecule has 1 aliphatic heterocycles. The van der Waals surface area contributed by atoms with Gasteiger partial charge in [-0.05, 0) is 55.5 Å². The molecule has 0 aromatic heterocycles. The molecule has 32 heavy (non-hydrogen) atoms. The molecule has 3 aromatic rings. The molecule has 1 unspecified atom stereocenters. The van der Waals surface area contributed by atoms with Crippen LogP contribution in [0.25, 0.3) is 0 Å². The Kier molecular flexibility index (Phi) is 6.17. The molecule has 0 saturated heterocycles. The Bertz CT molecular complexity index is 1130. The van der Waals surface area contributed by atoms with Crippen molar-refractivity contribution in [2.45, 2.75) is 20.1 Å². The zero-order valence-corrected chi connectivity index (χ0v) is 17.7. The van der Waals surface area contributed by atoms with E-state index in [1.165, 1.54) is 11.9 Å². The van der Waals surface area contributed by atoms with Gasteiger partial charge in [0.25, 0.3) is 0 Å². The minimum atomic E-state index is -0.719. The molecule has 0 spiro atoms. The molecule has 0 bridgehead atoms. The average Bonchev–Trinajstić information content (AvgIpc) is 3.24. The van der Waals surface area contributed by atoms with Crippen LogP contribution in [-0.2, 0) is 9.53 Å². The topological polar surface area (TPSA) is 77.4 Å². The van der Waals surface area contributed by atoms with Gasteiger partial charge < -0.3 is 14.2 Å². The van der Waals surface area contributed by atoms with Crippen molar-refractivity contribution in [1.82, 2.24) is 5.01 Å². The number of hydrazone groups is 1.